The number of halogens is 2. The lowest BCUT2D eigenvalue weighted by molar-refractivity contribution is -0.119. The highest BCUT2D eigenvalue weighted by molar-refractivity contribution is 6.30. The van der Waals surface area contributed by atoms with Crippen molar-refractivity contribution in [2.45, 2.75) is 52.5 Å². The van der Waals surface area contributed by atoms with Crippen LogP contribution in [0.25, 0.3) is 16.9 Å². The molecule has 12 heteroatoms. The van der Waals surface area contributed by atoms with Crippen LogP contribution in [0.2, 0.25) is 5.02 Å². The Labute approximate surface area is 265 Å². The van der Waals surface area contributed by atoms with Gasteiger partial charge in [0.2, 0.25) is 17.7 Å². The van der Waals surface area contributed by atoms with Crippen LogP contribution in [0.5, 0.6) is 5.88 Å². The number of fused-ring (bicyclic) bond motifs is 4. The lowest BCUT2D eigenvalue weighted by atomic mass is 9.94. The monoisotopic (exact) mass is 632 g/mol. The van der Waals surface area contributed by atoms with E-state index < -0.39 is 17.8 Å². The van der Waals surface area contributed by atoms with Crippen molar-refractivity contribution >= 4 is 40.7 Å². The number of hydrogen-bond acceptors (Lipinski definition) is 6. The molecule has 45 heavy (non-hydrogen) atoms. The Morgan fingerprint density at radius 1 is 1.18 bits per heavy atom. The van der Waals surface area contributed by atoms with E-state index in [1.807, 2.05) is 13.0 Å². The van der Waals surface area contributed by atoms with Gasteiger partial charge in [0.25, 0.3) is 5.91 Å². The van der Waals surface area contributed by atoms with E-state index >= 15 is 0 Å². The zero-order chi connectivity index (χ0) is 32.2. The van der Waals surface area contributed by atoms with E-state index in [4.69, 9.17) is 16.3 Å². The standard InChI is InChI=1S/C33H34ClFN6O4/c1-5-29(42)37-21-12-13-22-26-14-20(15-30(38-26)45-4)25(10-6-8-18(2)32(43)40-27(22)16-21)39-33(44)23-17-36-41(19(23)3)28-11-7-9-24(34)31(28)35/h7,9,11-18,25H,5-6,8,10H2,1-4H3,(H,37,42)(H,39,44)(H,40,43)/t18-,25?/m0/s1. The zero-order valence-electron chi connectivity index (χ0n) is 25.4. The highest BCUT2D eigenvalue weighted by atomic mass is 35.5. The first-order chi connectivity index (χ1) is 21.6. The van der Waals surface area contributed by atoms with E-state index in [1.54, 1.807) is 44.2 Å². The molecule has 2 bridgehead atoms. The molecule has 0 saturated carbocycles. The Hall–Kier alpha value is -4.77. The fourth-order valence-electron chi connectivity index (χ4n) is 5.27. The van der Waals surface area contributed by atoms with Gasteiger partial charge in [-0.25, -0.2) is 14.1 Å². The summed E-state index contributed by atoms with van der Waals surface area (Å²) in [4.78, 5) is 43.6. The number of carbonyl (C=O) groups excluding carboxylic acids is 3. The number of rotatable bonds is 6. The van der Waals surface area contributed by atoms with E-state index in [-0.39, 0.29) is 34.0 Å². The number of methoxy groups -OCH3 is 1. The van der Waals surface area contributed by atoms with Crippen LogP contribution in [-0.4, -0.2) is 39.6 Å². The van der Waals surface area contributed by atoms with Crippen molar-refractivity contribution < 1.29 is 23.5 Å². The van der Waals surface area contributed by atoms with Gasteiger partial charge in [0.1, 0.15) is 5.69 Å². The molecule has 1 aliphatic rings. The van der Waals surface area contributed by atoms with Crippen LogP contribution in [-0.2, 0) is 9.59 Å². The smallest absolute Gasteiger partial charge is 0.255 e. The summed E-state index contributed by atoms with van der Waals surface area (Å²) >= 11 is 5.98. The Kier molecular flexibility index (Phi) is 9.48. The van der Waals surface area contributed by atoms with Crippen molar-refractivity contribution in [1.29, 1.82) is 0 Å². The van der Waals surface area contributed by atoms with E-state index in [1.165, 1.54) is 30.1 Å². The molecule has 234 valence electrons. The fraction of sp³-hybridized carbons (Fsp3) is 0.303. The summed E-state index contributed by atoms with van der Waals surface area (Å²) in [6.45, 7) is 5.30. The summed E-state index contributed by atoms with van der Waals surface area (Å²) in [7, 11) is 1.51. The van der Waals surface area contributed by atoms with Gasteiger partial charge in [-0.2, -0.15) is 5.10 Å². The van der Waals surface area contributed by atoms with Crippen molar-refractivity contribution in [1.82, 2.24) is 20.1 Å². The maximum absolute atomic E-state index is 14.8. The van der Waals surface area contributed by atoms with Crippen molar-refractivity contribution in [2.24, 2.45) is 5.92 Å². The van der Waals surface area contributed by atoms with E-state index in [2.05, 4.69) is 26.0 Å². The molecule has 3 N–H and O–H groups in total. The number of anilines is 2. The van der Waals surface area contributed by atoms with Gasteiger partial charge >= 0.3 is 0 Å². The molecule has 2 atom stereocenters. The molecule has 10 nitrogen and oxygen atoms in total. The molecule has 2 aromatic heterocycles. The molecule has 5 rings (SSSR count). The largest absolute Gasteiger partial charge is 0.481 e. The van der Waals surface area contributed by atoms with Gasteiger partial charge in [0.15, 0.2) is 5.82 Å². The average molecular weight is 633 g/mol. The minimum Gasteiger partial charge on any atom is -0.481 e. The molecule has 0 radical (unpaired) electrons. The zero-order valence-corrected chi connectivity index (χ0v) is 26.2. The van der Waals surface area contributed by atoms with Gasteiger partial charge in [-0.3, -0.25) is 14.4 Å². The molecule has 1 aliphatic heterocycles. The molecule has 0 fully saturated rings. The Morgan fingerprint density at radius 2 is 1.98 bits per heavy atom. The van der Waals surface area contributed by atoms with Crippen LogP contribution in [0, 0.1) is 18.7 Å². The summed E-state index contributed by atoms with van der Waals surface area (Å²) in [5.41, 5.74) is 3.79. The second-order valence-electron chi connectivity index (χ2n) is 11.0. The number of ether oxygens (including phenoxy) is 1. The Morgan fingerprint density at radius 3 is 2.73 bits per heavy atom. The van der Waals surface area contributed by atoms with E-state index in [0.717, 1.165) is 5.56 Å². The SMILES string of the molecule is CCC(=O)Nc1ccc2c(c1)NC(=O)[C@@H](C)CCCC(NC(=O)c1cnn(-c3cccc(Cl)c3F)c1C)c1cc(OC)nc-2c1. The first-order valence-electron chi connectivity index (χ1n) is 14.7. The molecule has 0 saturated heterocycles. The molecule has 0 spiro atoms. The second-order valence-corrected chi connectivity index (χ2v) is 11.4. The number of benzene rings is 2. The molecular formula is C33H34ClFN6O4. The number of amides is 3. The summed E-state index contributed by atoms with van der Waals surface area (Å²) in [5, 5.41) is 13.2. The number of nitrogens with zero attached hydrogens (tertiary/aromatic N) is 3. The van der Waals surface area contributed by atoms with Gasteiger partial charge in [-0.15, -0.1) is 0 Å². The third-order valence-electron chi connectivity index (χ3n) is 7.89. The molecule has 4 aromatic rings. The normalized spacial score (nSPS) is 16.4. The second kappa shape index (κ2) is 13.5. The van der Waals surface area contributed by atoms with Gasteiger partial charge in [-0.05, 0) is 61.7 Å². The maximum Gasteiger partial charge on any atom is 0.255 e. The van der Waals surface area contributed by atoms with Crippen molar-refractivity contribution in [3.63, 3.8) is 0 Å². The number of aromatic nitrogens is 3. The van der Waals surface area contributed by atoms with Gasteiger partial charge in [-0.1, -0.05) is 37.9 Å². The lowest BCUT2D eigenvalue weighted by Gasteiger charge is -2.23. The van der Waals surface area contributed by atoms with Crippen molar-refractivity contribution in [3.8, 4) is 22.8 Å². The van der Waals surface area contributed by atoms with Crippen LogP contribution >= 0.6 is 11.6 Å². The molecule has 0 aliphatic carbocycles. The maximum atomic E-state index is 14.8. The minimum absolute atomic E-state index is 0.0459. The molecule has 3 amide bonds. The van der Waals surface area contributed by atoms with Crippen molar-refractivity contribution in [3.05, 3.63) is 82.4 Å². The minimum atomic E-state index is -0.633. The average Bonchev–Trinajstić information content (AvgIpc) is 3.41. The Balaban J connectivity index is 1.53. The quantitative estimate of drug-likeness (QED) is 0.219. The number of hydrogen-bond donors (Lipinski definition) is 3. The van der Waals surface area contributed by atoms with Crippen LogP contribution < -0.4 is 20.7 Å². The lowest BCUT2D eigenvalue weighted by Crippen LogP contribution is -2.29. The fourth-order valence-corrected chi connectivity index (χ4v) is 5.44. The summed E-state index contributed by atoms with van der Waals surface area (Å²) in [6.07, 6.45) is 3.44. The van der Waals surface area contributed by atoms with Gasteiger partial charge < -0.3 is 20.7 Å². The topological polar surface area (TPSA) is 127 Å². The molecular weight excluding hydrogens is 599 g/mol. The third kappa shape index (κ3) is 6.83. The van der Waals surface area contributed by atoms with Crippen molar-refractivity contribution in [2.75, 3.05) is 17.7 Å². The first kappa shape index (κ1) is 31.6. The summed E-state index contributed by atoms with van der Waals surface area (Å²) in [6, 6.07) is 13.0. The first-order valence-corrected chi connectivity index (χ1v) is 15.1. The summed E-state index contributed by atoms with van der Waals surface area (Å²) < 4.78 is 21.6. The number of nitrogens with one attached hydrogen (secondary N) is 3. The molecule has 3 heterocycles. The number of pyridine rings is 1. The highest BCUT2D eigenvalue weighted by Gasteiger charge is 2.25. The Bertz CT molecular complexity index is 1770. The van der Waals surface area contributed by atoms with Crippen LogP contribution in [0.15, 0.2) is 54.7 Å². The van der Waals surface area contributed by atoms with Crippen LogP contribution in [0.3, 0.4) is 0 Å². The van der Waals surface area contributed by atoms with Gasteiger partial charge in [0, 0.05) is 29.7 Å². The predicted molar refractivity (Wildman–Crippen MR) is 170 cm³/mol. The van der Waals surface area contributed by atoms with E-state index in [0.29, 0.717) is 59.9 Å². The molecule has 2 aromatic carbocycles. The highest BCUT2D eigenvalue weighted by Crippen LogP contribution is 2.35. The third-order valence-corrected chi connectivity index (χ3v) is 8.18. The van der Waals surface area contributed by atoms with Gasteiger partial charge in [0.05, 0.1) is 47.0 Å². The van der Waals surface area contributed by atoms with Crippen LogP contribution in [0.4, 0.5) is 15.8 Å². The summed E-state index contributed by atoms with van der Waals surface area (Å²) in [5.74, 6) is -1.34. The van der Waals surface area contributed by atoms with E-state index in [9.17, 15) is 18.8 Å². The molecule has 1 unspecified atom stereocenters. The number of carbonyl (C=O) groups is 3. The predicted octanol–water partition coefficient (Wildman–Crippen LogP) is 6.62. The van der Waals surface area contributed by atoms with Crippen LogP contribution in [0.1, 0.15) is 67.2 Å².